The summed E-state index contributed by atoms with van der Waals surface area (Å²) in [4.78, 5) is 0. The molecule has 1 unspecified atom stereocenters. The summed E-state index contributed by atoms with van der Waals surface area (Å²) in [5.41, 5.74) is 6.77. The summed E-state index contributed by atoms with van der Waals surface area (Å²) in [5, 5.41) is 0. The van der Waals surface area contributed by atoms with Crippen molar-refractivity contribution in [3.8, 4) is 5.75 Å². The predicted octanol–water partition coefficient (Wildman–Crippen LogP) is 2.96. The number of halogens is 3. The average Bonchev–Trinajstić information content (AvgIpc) is 2.15. The van der Waals surface area contributed by atoms with E-state index in [0.717, 1.165) is 5.56 Å². The number of alkyl halides is 3. The Morgan fingerprint density at radius 2 is 2.00 bits per heavy atom. The van der Waals surface area contributed by atoms with E-state index in [1.54, 1.807) is 25.1 Å². The maximum atomic E-state index is 12.2. The zero-order valence-electron chi connectivity index (χ0n) is 9.14. The largest absolute Gasteiger partial charge is 0.496 e. The minimum Gasteiger partial charge on any atom is -0.496 e. The third-order valence-corrected chi connectivity index (χ3v) is 2.24. The van der Waals surface area contributed by atoms with Gasteiger partial charge in [0.25, 0.3) is 0 Å². The SMILES string of the molecule is COc1ccc(C)cc1C(N)CC(F)(F)F. The number of hydrogen-bond donors (Lipinski definition) is 1. The molecule has 2 nitrogen and oxygen atoms in total. The summed E-state index contributed by atoms with van der Waals surface area (Å²) in [7, 11) is 1.41. The van der Waals surface area contributed by atoms with Gasteiger partial charge in [-0.25, -0.2) is 0 Å². The van der Waals surface area contributed by atoms with Gasteiger partial charge < -0.3 is 10.5 Å². The van der Waals surface area contributed by atoms with Gasteiger partial charge in [0.1, 0.15) is 5.75 Å². The molecule has 0 aliphatic carbocycles. The van der Waals surface area contributed by atoms with Crippen LogP contribution in [0.25, 0.3) is 0 Å². The molecule has 0 spiro atoms. The van der Waals surface area contributed by atoms with Gasteiger partial charge in [0, 0.05) is 11.6 Å². The molecule has 0 saturated heterocycles. The van der Waals surface area contributed by atoms with Crippen molar-refractivity contribution in [3.05, 3.63) is 29.3 Å². The fourth-order valence-corrected chi connectivity index (χ4v) is 1.50. The van der Waals surface area contributed by atoms with Crippen LogP contribution in [0.2, 0.25) is 0 Å². The fraction of sp³-hybridized carbons (Fsp3) is 0.455. The van der Waals surface area contributed by atoms with E-state index >= 15 is 0 Å². The summed E-state index contributed by atoms with van der Waals surface area (Å²) in [6.45, 7) is 1.79. The standard InChI is InChI=1S/C11H14F3NO/c1-7-3-4-10(16-2)8(5-7)9(15)6-11(12,13)14/h3-5,9H,6,15H2,1-2H3. The number of aryl methyl sites for hydroxylation is 1. The summed E-state index contributed by atoms with van der Waals surface area (Å²) in [5.74, 6) is 0.391. The van der Waals surface area contributed by atoms with Crippen LogP contribution in [0.3, 0.4) is 0 Å². The van der Waals surface area contributed by atoms with Crippen molar-refractivity contribution in [2.24, 2.45) is 5.73 Å². The molecule has 1 aromatic carbocycles. The predicted molar refractivity (Wildman–Crippen MR) is 55.3 cm³/mol. The first-order chi connectivity index (χ1) is 7.33. The Hall–Kier alpha value is -1.23. The third kappa shape index (κ3) is 3.41. The quantitative estimate of drug-likeness (QED) is 0.871. The van der Waals surface area contributed by atoms with Crippen molar-refractivity contribution in [3.63, 3.8) is 0 Å². The van der Waals surface area contributed by atoms with Crippen molar-refractivity contribution < 1.29 is 17.9 Å². The van der Waals surface area contributed by atoms with Gasteiger partial charge >= 0.3 is 6.18 Å². The minimum atomic E-state index is -4.27. The number of methoxy groups -OCH3 is 1. The van der Waals surface area contributed by atoms with E-state index in [-0.39, 0.29) is 0 Å². The van der Waals surface area contributed by atoms with Crippen LogP contribution in [-0.4, -0.2) is 13.3 Å². The number of ether oxygens (including phenoxy) is 1. The highest BCUT2D eigenvalue weighted by molar-refractivity contribution is 5.39. The number of benzene rings is 1. The van der Waals surface area contributed by atoms with Gasteiger partial charge in [-0.3, -0.25) is 0 Å². The number of nitrogens with two attached hydrogens (primary N) is 1. The second-order valence-corrected chi connectivity index (χ2v) is 3.67. The highest BCUT2D eigenvalue weighted by atomic mass is 19.4. The molecular formula is C11H14F3NO. The van der Waals surface area contributed by atoms with Crippen LogP contribution in [0.15, 0.2) is 18.2 Å². The summed E-state index contributed by atoms with van der Waals surface area (Å²) in [6, 6.07) is 3.92. The van der Waals surface area contributed by atoms with Crippen LogP contribution in [0.4, 0.5) is 13.2 Å². The Kier molecular flexibility index (Phi) is 3.80. The van der Waals surface area contributed by atoms with E-state index in [2.05, 4.69) is 0 Å². The lowest BCUT2D eigenvalue weighted by atomic mass is 10.0. The molecule has 2 N–H and O–H groups in total. The summed E-state index contributed by atoms with van der Waals surface area (Å²) < 4.78 is 41.6. The molecule has 0 bridgehead atoms. The first-order valence-corrected chi connectivity index (χ1v) is 4.80. The summed E-state index contributed by atoms with van der Waals surface area (Å²) >= 11 is 0. The Labute approximate surface area is 92.2 Å². The third-order valence-electron chi connectivity index (χ3n) is 2.24. The first-order valence-electron chi connectivity index (χ1n) is 4.80. The lowest BCUT2D eigenvalue weighted by molar-refractivity contribution is -0.138. The lowest BCUT2D eigenvalue weighted by Gasteiger charge is -2.17. The molecule has 0 fully saturated rings. The topological polar surface area (TPSA) is 35.2 Å². The molecule has 1 atom stereocenters. The van der Waals surface area contributed by atoms with E-state index in [0.29, 0.717) is 11.3 Å². The fourth-order valence-electron chi connectivity index (χ4n) is 1.50. The van der Waals surface area contributed by atoms with Crippen LogP contribution < -0.4 is 10.5 Å². The summed E-state index contributed by atoms with van der Waals surface area (Å²) in [6.07, 6.45) is -5.32. The first kappa shape index (κ1) is 12.8. The van der Waals surface area contributed by atoms with Crippen LogP contribution in [0, 0.1) is 6.92 Å². The van der Waals surface area contributed by atoms with Gasteiger partial charge in [-0.2, -0.15) is 13.2 Å². The molecule has 0 aliphatic heterocycles. The molecule has 0 aromatic heterocycles. The molecule has 1 aromatic rings. The van der Waals surface area contributed by atoms with E-state index in [4.69, 9.17) is 10.5 Å². The molecule has 0 saturated carbocycles. The molecule has 0 amide bonds. The lowest BCUT2D eigenvalue weighted by Crippen LogP contribution is -2.20. The van der Waals surface area contributed by atoms with Crippen LogP contribution >= 0.6 is 0 Å². The van der Waals surface area contributed by atoms with Gasteiger partial charge in [-0.05, 0) is 13.0 Å². The maximum Gasteiger partial charge on any atom is 0.390 e. The molecule has 90 valence electrons. The van der Waals surface area contributed by atoms with E-state index < -0.39 is 18.6 Å². The Balaban J connectivity index is 2.97. The molecule has 0 heterocycles. The van der Waals surface area contributed by atoms with Gasteiger partial charge in [-0.15, -0.1) is 0 Å². The van der Waals surface area contributed by atoms with Crippen LogP contribution in [0.5, 0.6) is 5.75 Å². The average molecular weight is 233 g/mol. The van der Waals surface area contributed by atoms with Gasteiger partial charge in [-0.1, -0.05) is 17.7 Å². The molecule has 1 rings (SSSR count). The van der Waals surface area contributed by atoms with Gasteiger partial charge in [0.15, 0.2) is 0 Å². The van der Waals surface area contributed by atoms with Crippen molar-refractivity contribution >= 4 is 0 Å². The Bertz CT molecular complexity index is 363. The molecule has 0 aliphatic rings. The van der Waals surface area contributed by atoms with Crippen LogP contribution in [0.1, 0.15) is 23.6 Å². The Morgan fingerprint density at radius 1 is 1.38 bits per heavy atom. The smallest absolute Gasteiger partial charge is 0.390 e. The van der Waals surface area contributed by atoms with Crippen molar-refractivity contribution in [1.29, 1.82) is 0 Å². The van der Waals surface area contributed by atoms with E-state index in [9.17, 15) is 13.2 Å². The van der Waals surface area contributed by atoms with Crippen LogP contribution in [-0.2, 0) is 0 Å². The van der Waals surface area contributed by atoms with E-state index in [1.165, 1.54) is 7.11 Å². The highest BCUT2D eigenvalue weighted by Crippen LogP contribution is 2.32. The van der Waals surface area contributed by atoms with Crippen molar-refractivity contribution in [2.75, 3.05) is 7.11 Å². The molecule has 5 heteroatoms. The minimum absolute atomic E-state index is 0.389. The van der Waals surface area contributed by atoms with Crippen molar-refractivity contribution in [2.45, 2.75) is 25.6 Å². The van der Waals surface area contributed by atoms with Gasteiger partial charge in [0.05, 0.1) is 13.5 Å². The maximum absolute atomic E-state index is 12.2. The number of rotatable bonds is 3. The van der Waals surface area contributed by atoms with Crippen molar-refractivity contribution in [1.82, 2.24) is 0 Å². The molecule has 16 heavy (non-hydrogen) atoms. The second-order valence-electron chi connectivity index (χ2n) is 3.67. The zero-order valence-corrected chi connectivity index (χ0v) is 9.14. The monoisotopic (exact) mass is 233 g/mol. The molecule has 0 radical (unpaired) electrons. The van der Waals surface area contributed by atoms with Gasteiger partial charge in [0.2, 0.25) is 0 Å². The normalized spacial score (nSPS) is 13.6. The second kappa shape index (κ2) is 4.74. The Morgan fingerprint density at radius 3 is 2.50 bits per heavy atom. The molecular weight excluding hydrogens is 219 g/mol. The highest BCUT2D eigenvalue weighted by Gasteiger charge is 2.31. The number of hydrogen-bond acceptors (Lipinski definition) is 2. The zero-order chi connectivity index (χ0) is 12.3. The van der Waals surface area contributed by atoms with E-state index in [1.807, 2.05) is 0 Å².